The van der Waals surface area contributed by atoms with Crippen molar-refractivity contribution in [3.05, 3.63) is 231 Å². The Bertz CT molecular complexity index is 4160. The summed E-state index contributed by atoms with van der Waals surface area (Å²) in [7, 11) is 0. The second-order valence-electron chi connectivity index (χ2n) is 22.9. The topological polar surface area (TPSA) is 311 Å². The highest BCUT2D eigenvalue weighted by Gasteiger charge is 2.32. The lowest BCUT2D eigenvalue weighted by Gasteiger charge is -2.13. The van der Waals surface area contributed by atoms with Crippen molar-refractivity contribution in [3.63, 3.8) is 0 Å². The number of benzene rings is 7. The van der Waals surface area contributed by atoms with Crippen LogP contribution in [0.2, 0.25) is 10.0 Å². The molecule has 94 heavy (non-hydrogen) atoms. The molecule has 488 valence electrons. The maximum Gasteiger partial charge on any atom is 0.340 e. The van der Waals surface area contributed by atoms with Gasteiger partial charge in [0.15, 0.2) is 11.5 Å². The van der Waals surface area contributed by atoms with Gasteiger partial charge in [-0.3, -0.25) is 34.1 Å². The normalized spacial score (nSPS) is 13.6. The molecule has 0 spiro atoms. The van der Waals surface area contributed by atoms with E-state index >= 15 is 0 Å². The number of anilines is 3. The summed E-state index contributed by atoms with van der Waals surface area (Å²) in [6.45, 7) is 3.04. The van der Waals surface area contributed by atoms with Crippen molar-refractivity contribution in [2.75, 3.05) is 29.6 Å². The number of nitrogen functional groups attached to an aromatic ring is 1. The molecule has 14 rings (SSSR count). The molecule has 0 atom stereocenters. The molecule has 1 aromatic heterocycles. The van der Waals surface area contributed by atoms with Gasteiger partial charge in [-0.05, 0) is 207 Å². The van der Waals surface area contributed by atoms with Crippen molar-refractivity contribution in [1.82, 2.24) is 4.98 Å². The van der Waals surface area contributed by atoms with Crippen LogP contribution in [0.3, 0.4) is 0 Å². The van der Waals surface area contributed by atoms with Crippen LogP contribution in [0.4, 0.5) is 22.7 Å². The highest BCUT2D eigenvalue weighted by molar-refractivity contribution is 6.51. The summed E-state index contributed by atoms with van der Waals surface area (Å²) in [5.41, 5.74) is 24.2. The van der Waals surface area contributed by atoms with Crippen molar-refractivity contribution < 1.29 is 59.0 Å². The number of rotatable bonds is 10. The number of aryl methyl sites for hydroxylation is 6. The summed E-state index contributed by atoms with van der Waals surface area (Å²) in [5, 5.41) is 56.3. The number of pyridine rings is 1. The van der Waals surface area contributed by atoms with Gasteiger partial charge in [0.2, 0.25) is 0 Å². The Hall–Kier alpha value is -9.82. The van der Waals surface area contributed by atoms with Gasteiger partial charge in [-0.2, -0.15) is 0 Å². The lowest BCUT2D eigenvalue weighted by atomic mass is 9.98. The lowest BCUT2D eigenvalue weighted by Crippen LogP contribution is -2.13. The summed E-state index contributed by atoms with van der Waals surface area (Å²) >= 11 is 11.6. The number of amides is 2. The molecule has 1 aliphatic heterocycles. The van der Waals surface area contributed by atoms with Crippen molar-refractivity contribution in [1.29, 1.82) is 0 Å². The van der Waals surface area contributed by atoms with Gasteiger partial charge in [-0.25, -0.2) is 9.78 Å². The fraction of sp³-hybridized carbons (Fsp3) is 0.288. The SMILES string of the molecule is CC(=O)OCC(=O)Cc1ccc(Cl)cc1.CCO.Nc1cccc2c1CCC2.O=C(/C=N/O)Nc1cccc2c1CCC2.O=C(O)c1c(O)c(Cc2ccc(Cl)cc2)nc2c3c(ccc12)CCC3.O=C1Nc2c(ccc3c2CCC3)C1=O.O=[N+]([O-])c1cccc2c1CCC2. The number of Topliss-reactive ketones (excluding diaryl/α,β-unsaturated/α-hetero) is 2. The van der Waals surface area contributed by atoms with Crippen LogP contribution in [0.1, 0.15) is 139 Å². The Morgan fingerprint density at radius 1 is 0.691 bits per heavy atom. The number of aromatic nitrogens is 1. The largest absolute Gasteiger partial charge is 0.505 e. The van der Waals surface area contributed by atoms with E-state index in [1.54, 1.807) is 67.6 Å². The van der Waals surface area contributed by atoms with Gasteiger partial charge in [-0.1, -0.05) is 107 Å². The number of carboxylic acids is 1. The smallest absolute Gasteiger partial charge is 0.340 e. The van der Waals surface area contributed by atoms with Gasteiger partial charge in [-0.15, -0.1) is 0 Å². The molecule has 21 heteroatoms. The van der Waals surface area contributed by atoms with Crippen molar-refractivity contribution >= 4 is 98.4 Å². The number of halogens is 2. The fourth-order valence-electron chi connectivity index (χ4n) is 12.3. The van der Waals surface area contributed by atoms with Crippen LogP contribution < -0.4 is 16.4 Å². The number of aromatic carboxylic acids is 1. The van der Waals surface area contributed by atoms with Crippen molar-refractivity contribution in [2.24, 2.45) is 5.16 Å². The maximum absolute atomic E-state index is 11.8. The summed E-state index contributed by atoms with van der Waals surface area (Å²) in [4.78, 5) is 82.2. The predicted octanol–water partition coefficient (Wildman–Crippen LogP) is 13.1. The number of nitro groups is 1. The average Bonchev–Trinajstić information content (AvgIpc) is 1.16. The van der Waals surface area contributed by atoms with Crippen LogP contribution in [0.15, 0.2) is 133 Å². The van der Waals surface area contributed by atoms with Gasteiger partial charge < -0.3 is 41.6 Å². The molecule has 0 radical (unpaired) electrons. The molecule has 0 unspecified atom stereocenters. The molecule has 5 aliphatic carbocycles. The minimum absolute atomic E-state index is 0.0661. The van der Waals surface area contributed by atoms with E-state index in [0.717, 1.165) is 128 Å². The molecule has 19 nitrogen and oxygen atoms in total. The number of esters is 1. The van der Waals surface area contributed by atoms with Crippen LogP contribution in [0.25, 0.3) is 10.9 Å². The Labute approximate surface area is 554 Å². The zero-order valence-corrected chi connectivity index (χ0v) is 53.8. The minimum Gasteiger partial charge on any atom is -0.505 e. The van der Waals surface area contributed by atoms with Gasteiger partial charge in [0.1, 0.15) is 18.4 Å². The molecule has 0 saturated heterocycles. The first-order valence-corrected chi connectivity index (χ1v) is 31.9. The maximum atomic E-state index is 11.8. The van der Waals surface area contributed by atoms with Gasteiger partial charge >= 0.3 is 11.9 Å². The third-order valence-electron chi connectivity index (χ3n) is 16.6. The molecule has 8 aromatic rings. The number of fused-ring (bicyclic) bond motifs is 9. The zero-order valence-electron chi connectivity index (χ0n) is 52.3. The number of hydrogen-bond acceptors (Lipinski definition) is 15. The number of nitrogens with zero attached hydrogens (tertiary/aromatic N) is 3. The molecule has 7 aromatic carbocycles. The Balaban J connectivity index is 0.000000147. The van der Waals surface area contributed by atoms with E-state index in [-0.39, 0.29) is 41.7 Å². The van der Waals surface area contributed by atoms with E-state index in [2.05, 4.69) is 37.6 Å². The number of oxime groups is 1. The fourth-order valence-corrected chi connectivity index (χ4v) is 12.6. The van der Waals surface area contributed by atoms with E-state index in [1.807, 2.05) is 54.6 Å². The van der Waals surface area contributed by atoms with E-state index in [4.69, 9.17) is 39.2 Å². The molecular weight excluding hydrogens is 1240 g/mol. The molecule has 2 heterocycles. The lowest BCUT2D eigenvalue weighted by molar-refractivity contribution is -0.385. The standard InChI is InChI=1S/C20H16ClNO3.C11H11ClO3.C11H12N2O2.C11H9NO2.C9H9NO2.C9H11N.C2H6O/c21-13-7-4-11(5-8-13)10-16-19(23)17(20(24)25)15-9-6-12-2-1-3-14(12)18(15)22-16;1-8(13)15-7-11(14)6-9-2-4-10(12)5-3-9;14-11(7-12-15)13-10-6-2-4-8-3-1-5-9(8)10;13-10-8-5-4-6-2-1-3-7(6)9(8)12-11(10)14;11-10(12)9-6-2-4-7-3-1-5-8(7)9;10-9-6-2-4-7-3-1-5-8(7)9;1-2-3/h4-9,23H,1-3,10H2,(H,24,25);2-5H,6-7H2,1H3;2,4,6-7,15H,1,3,5H2,(H,13,14);4-5H,1-3H2,(H,12,13,14);2,4,6H,1,3,5H2;2,4,6H,1,3,5,10H2;3H,2H2,1H3/b;;12-7+;;;;. The van der Waals surface area contributed by atoms with Crippen LogP contribution in [0.5, 0.6) is 5.75 Å². The van der Waals surface area contributed by atoms with Gasteiger partial charge in [0.25, 0.3) is 23.3 Å². The Morgan fingerprint density at radius 2 is 1.20 bits per heavy atom. The third-order valence-corrected chi connectivity index (χ3v) is 17.1. The summed E-state index contributed by atoms with van der Waals surface area (Å²) < 4.78 is 4.59. The van der Waals surface area contributed by atoms with Crippen LogP contribution in [0, 0.1) is 10.1 Å². The molecule has 0 bridgehead atoms. The number of carboxylic acid groups (broad SMARTS) is 1. The average molecular weight is 1310 g/mol. The zero-order chi connectivity index (χ0) is 67.4. The van der Waals surface area contributed by atoms with Gasteiger partial charge in [0.05, 0.1) is 27.4 Å². The number of aliphatic hydroxyl groups excluding tert-OH is 1. The number of nitrogens with two attached hydrogens (primary N) is 1. The number of carbonyl (C=O) groups excluding carboxylic acids is 5. The summed E-state index contributed by atoms with van der Waals surface area (Å²) in [5.74, 6) is -3.26. The number of aliphatic hydroxyl groups is 1. The molecule has 0 fully saturated rings. The van der Waals surface area contributed by atoms with Crippen molar-refractivity contribution in [2.45, 2.75) is 123 Å². The van der Waals surface area contributed by atoms with E-state index in [1.165, 1.54) is 65.1 Å². The molecule has 8 N–H and O–H groups in total. The second-order valence-corrected chi connectivity index (χ2v) is 23.8. The van der Waals surface area contributed by atoms with Crippen LogP contribution in [-0.2, 0) is 101 Å². The first-order chi connectivity index (χ1) is 45.3. The first-order valence-electron chi connectivity index (χ1n) is 31.1. The highest BCUT2D eigenvalue weighted by Crippen LogP contribution is 2.38. The molecule has 6 aliphatic rings. The first kappa shape index (κ1) is 70.1. The van der Waals surface area contributed by atoms with E-state index in [0.29, 0.717) is 44.3 Å². The third kappa shape index (κ3) is 18.3. The minimum atomic E-state index is -1.14. The number of hydrogen-bond donors (Lipinski definition) is 7. The molecular formula is C73H74Cl2N6O13. The van der Waals surface area contributed by atoms with Crippen LogP contribution >= 0.6 is 23.2 Å². The Kier molecular flexibility index (Phi) is 25.1. The van der Waals surface area contributed by atoms with E-state index in [9.17, 15) is 49.1 Å². The number of aromatic hydroxyl groups is 1. The summed E-state index contributed by atoms with van der Waals surface area (Å²) in [6, 6.07) is 39.1. The highest BCUT2D eigenvalue weighted by atomic mass is 35.5. The van der Waals surface area contributed by atoms with E-state index < -0.39 is 29.5 Å². The Morgan fingerprint density at radius 3 is 1.79 bits per heavy atom. The molecule has 2 amide bonds. The quantitative estimate of drug-likeness (QED) is 0.0127. The van der Waals surface area contributed by atoms with Crippen molar-refractivity contribution in [3.8, 4) is 5.75 Å². The van der Waals surface area contributed by atoms with Gasteiger partial charge in [0, 0.05) is 64.8 Å². The van der Waals surface area contributed by atoms with Crippen LogP contribution in [-0.4, -0.2) is 85.2 Å². The summed E-state index contributed by atoms with van der Waals surface area (Å²) in [6.07, 6.45) is 17.4. The number of ether oxygens (including phenoxy) is 1. The molecule has 0 saturated carbocycles. The number of ketones is 2. The second kappa shape index (κ2) is 33.7. The number of nitrogens with one attached hydrogen (secondary N) is 2. The number of carbonyl (C=O) groups is 6. The monoisotopic (exact) mass is 1310 g/mol. The number of nitro benzene ring substituents is 1. The predicted molar refractivity (Wildman–Crippen MR) is 363 cm³/mol.